The van der Waals surface area contributed by atoms with Crippen molar-refractivity contribution in [2.75, 3.05) is 32.1 Å². The first-order valence-corrected chi connectivity index (χ1v) is 15.2. The van der Waals surface area contributed by atoms with Crippen molar-refractivity contribution in [3.8, 4) is 11.5 Å². The molecule has 2 aromatic rings. The third-order valence-corrected chi connectivity index (χ3v) is 11.6. The first-order valence-electron chi connectivity index (χ1n) is 15.2. The van der Waals surface area contributed by atoms with Gasteiger partial charge in [0.2, 0.25) is 5.91 Å². The molecule has 7 nitrogen and oxygen atoms in total. The van der Waals surface area contributed by atoms with Gasteiger partial charge in [-0.1, -0.05) is 18.2 Å². The highest BCUT2D eigenvalue weighted by Crippen LogP contribution is 2.76. The minimum atomic E-state index is -0.455. The van der Waals surface area contributed by atoms with Gasteiger partial charge in [0.15, 0.2) is 11.5 Å². The van der Waals surface area contributed by atoms with Crippen LogP contribution in [-0.2, 0) is 32.7 Å². The average Bonchev–Trinajstić information content (AvgIpc) is 3.68. The zero-order valence-corrected chi connectivity index (χ0v) is 23.6. The van der Waals surface area contributed by atoms with Gasteiger partial charge in [-0.3, -0.25) is 9.69 Å². The standard InChI is InChI=1S/C33H40N2O5/c1-20(36)34-25-5-3-4-22(14-25)18-39-19-24-16-31-10-11-33(24,38-2)30-32(31)12-13-35(17-21-6-7-21)27(31)15-23-8-9-26(37)29(40-30)28(23)32/h3-5,8-9,14,21,24,27,30,37H,6-7,10-13,15-19H2,1-2H3,(H,34,36)/t24-,27-,30-,31?,32?,33?/m1/s1. The Balaban J connectivity index is 1.14. The first kappa shape index (κ1) is 25.1. The number of nitrogens with zero attached hydrogens (tertiary/aromatic N) is 1. The molecule has 1 saturated heterocycles. The van der Waals surface area contributed by atoms with Crippen LogP contribution in [0.25, 0.3) is 0 Å². The van der Waals surface area contributed by atoms with Crippen LogP contribution in [0.4, 0.5) is 5.69 Å². The number of carbonyl (C=O) groups is 1. The molecule has 2 heterocycles. The van der Waals surface area contributed by atoms with Crippen LogP contribution in [0.1, 0.15) is 62.1 Å². The average molecular weight is 545 g/mol. The Morgan fingerprint density at radius 3 is 2.88 bits per heavy atom. The van der Waals surface area contributed by atoms with Gasteiger partial charge >= 0.3 is 0 Å². The number of methoxy groups -OCH3 is 1. The highest BCUT2D eigenvalue weighted by Gasteiger charge is 2.80. The normalized spacial score (nSPS) is 36.7. The van der Waals surface area contributed by atoms with Crippen LogP contribution in [0.15, 0.2) is 36.4 Å². The second kappa shape index (κ2) is 8.70. The molecule has 2 N–H and O–H groups in total. The van der Waals surface area contributed by atoms with Crippen molar-refractivity contribution >= 4 is 11.6 Å². The Morgan fingerprint density at radius 2 is 2.08 bits per heavy atom. The van der Waals surface area contributed by atoms with Gasteiger partial charge in [0.1, 0.15) is 11.7 Å². The lowest BCUT2D eigenvalue weighted by Gasteiger charge is -2.74. The summed E-state index contributed by atoms with van der Waals surface area (Å²) in [6, 6.07) is 12.4. The van der Waals surface area contributed by atoms with Gasteiger partial charge in [0.25, 0.3) is 0 Å². The van der Waals surface area contributed by atoms with Gasteiger partial charge in [-0.25, -0.2) is 0 Å². The summed E-state index contributed by atoms with van der Waals surface area (Å²) in [5.41, 5.74) is 4.03. The van der Waals surface area contributed by atoms with E-state index >= 15 is 0 Å². The van der Waals surface area contributed by atoms with Gasteiger partial charge < -0.3 is 24.6 Å². The highest BCUT2D eigenvalue weighted by atomic mass is 16.6. The van der Waals surface area contributed by atoms with E-state index in [1.807, 2.05) is 37.4 Å². The molecule has 3 unspecified atom stereocenters. The van der Waals surface area contributed by atoms with Crippen LogP contribution in [0.3, 0.4) is 0 Å². The van der Waals surface area contributed by atoms with Crippen molar-refractivity contribution in [1.82, 2.24) is 4.90 Å². The van der Waals surface area contributed by atoms with Crippen LogP contribution in [-0.4, -0.2) is 60.5 Å². The van der Waals surface area contributed by atoms with E-state index in [2.05, 4.69) is 16.3 Å². The lowest BCUT2D eigenvalue weighted by atomic mass is 9.35. The van der Waals surface area contributed by atoms with Crippen LogP contribution in [0, 0.1) is 17.3 Å². The molecule has 9 rings (SSSR count). The van der Waals surface area contributed by atoms with E-state index in [1.54, 1.807) is 0 Å². The van der Waals surface area contributed by atoms with Gasteiger partial charge in [0, 0.05) is 54.6 Å². The molecule has 2 aliphatic heterocycles. The number of phenolic OH excluding ortho intramolecular Hbond substituents is 1. The van der Waals surface area contributed by atoms with Crippen molar-refractivity contribution in [3.05, 3.63) is 53.1 Å². The van der Waals surface area contributed by atoms with Crippen LogP contribution in [0.5, 0.6) is 11.5 Å². The van der Waals surface area contributed by atoms with E-state index < -0.39 is 5.60 Å². The van der Waals surface area contributed by atoms with Crippen LogP contribution < -0.4 is 10.1 Å². The van der Waals surface area contributed by atoms with Crippen molar-refractivity contribution < 1.29 is 24.1 Å². The topological polar surface area (TPSA) is 80.3 Å². The molecule has 1 amide bonds. The minimum Gasteiger partial charge on any atom is -0.504 e. The lowest BCUT2D eigenvalue weighted by molar-refractivity contribution is -0.283. The molecule has 0 aromatic heterocycles. The maximum Gasteiger partial charge on any atom is 0.221 e. The molecule has 7 heteroatoms. The molecule has 2 spiro atoms. The number of fused-ring (bicyclic) bond motifs is 2. The van der Waals surface area contributed by atoms with E-state index in [9.17, 15) is 9.90 Å². The first-order chi connectivity index (χ1) is 19.4. The summed E-state index contributed by atoms with van der Waals surface area (Å²) >= 11 is 0. The van der Waals surface area contributed by atoms with E-state index in [4.69, 9.17) is 14.2 Å². The predicted molar refractivity (Wildman–Crippen MR) is 151 cm³/mol. The van der Waals surface area contributed by atoms with Crippen molar-refractivity contribution in [3.63, 3.8) is 0 Å². The van der Waals surface area contributed by atoms with Crippen molar-refractivity contribution in [2.45, 2.75) is 81.6 Å². The zero-order chi connectivity index (χ0) is 27.3. The Morgan fingerprint density at radius 1 is 1.20 bits per heavy atom. The Kier molecular flexibility index (Phi) is 5.46. The Labute approximate surface area is 236 Å². The smallest absolute Gasteiger partial charge is 0.221 e. The Bertz CT molecular complexity index is 1370. The molecular formula is C33H40N2O5. The number of hydrogen-bond donors (Lipinski definition) is 2. The maximum atomic E-state index is 11.5. The number of rotatable bonds is 8. The molecule has 5 fully saturated rings. The summed E-state index contributed by atoms with van der Waals surface area (Å²) in [4.78, 5) is 14.4. The summed E-state index contributed by atoms with van der Waals surface area (Å²) in [7, 11) is 1.86. The molecule has 6 atom stereocenters. The fraction of sp³-hybridized carbons (Fsp3) is 0.606. The summed E-state index contributed by atoms with van der Waals surface area (Å²) in [5, 5.41) is 13.9. The molecule has 4 saturated carbocycles. The number of piperidine rings is 1. The van der Waals surface area contributed by atoms with Gasteiger partial charge in [-0.2, -0.15) is 0 Å². The quantitative estimate of drug-likeness (QED) is 0.498. The van der Waals surface area contributed by atoms with E-state index in [1.165, 1.54) is 37.4 Å². The number of ether oxygens (including phenoxy) is 3. The number of anilines is 1. The summed E-state index contributed by atoms with van der Waals surface area (Å²) in [6.45, 7) is 4.92. The molecule has 0 radical (unpaired) electrons. The van der Waals surface area contributed by atoms with E-state index in [0.29, 0.717) is 19.3 Å². The number of phenols is 1. The monoisotopic (exact) mass is 544 g/mol. The van der Waals surface area contributed by atoms with Gasteiger partial charge in [0.05, 0.1) is 13.2 Å². The van der Waals surface area contributed by atoms with Crippen LogP contribution in [0.2, 0.25) is 0 Å². The number of benzene rings is 2. The maximum absolute atomic E-state index is 11.5. The fourth-order valence-corrected chi connectivity index (χ4v) is 10.0. The zero-order valence-electron chi connectivity index (χ0n) is 23.6. The summed E-state index contributed by atoms with van der Waals surface area (Å²) in [6.07, 6.45) is 7.89. The number of hydrogen-bond acceptors (Lipinski definition) is 6. The second-order valence-electron chi connectivity index (χ2n) is 13.4. The largest absolute Gasteiger partial charge is 0.504 e. The van der Waals surface area contributed by atoms with E-state index in [0.717, 1.165) is 61.6 Å². The second-order valence-corrected chi connectivity index (χ2v) is 13.4. The van der Waals surface area contributed by atoms with Crippen LogP contribution >= 0.6 is 0 Å². The molecule has 212 valence electrons. The summed E-state index contributed by atoms with van der Waals surface area (Å²) < 4.78 is 20.0. The SMILES string of the molecule is COC12CCC3(C[C@@H]1COCc1cccc(NC(C)=O)c1)[C@H]1Cc4ccc(O)c5c4C3(CCN1CC1CC1)[C@H]2O5. The highest BCUT2D eigenvalue weighted by molar-refractivity contribution is 5.88. The molecule has 4 bridgehead atoms. The van der Waals surface area contributed by atoms with E-state index in [-0.39, 0.29) is 34.5 Å². The van der Waals surface area contributed by atoms with Gasteiger partial charge in [-0.05, 0) is 86.7 Å². The lowest BCUT2D eigenvalue weighted by Crippen LogP contribution is -2.81. The number of likely N-dealkylation sites (tertiary alicyclic amines) is 1. The molecule has 7 aliphatic rings. The third-order valence-electron chi connectivity index (χ3n) is 11.6. The number of carbonyl (C=O) groups excluding carboxylic acids is 1. The van der Waals surface area contributed by atoms with Crippen molar-refractivity contribution in [2.24, 2.45) is 17.3 Å². The molecule has 2 aromatic carbocycles. The predicted octanol–water partition coefficient (Wildman–Crippen LogP) is 4.79. The Hall–Kier alpha value is -2.61. The van der Waals surface area contributed by atoms with Crippen molar-refractivity contribution in [1.29, 1.82) is 0 Å². The summed E-state index contributed by atoms with van der Waals surface area (Å²) in [5.74, 6) is 1.97. The third kappa shape index (κ3) is 3.26. The number of nitrogens with one attached hydrogen (secondary N) is 1. The number of amides is 1. The number of aromatic hydroxyl groups is 1. The minimum absolute atomic E-state index is 0.0768. The van der Waals surface area contributed by atoms with Gasteiger partial charge in [-0.15, -0.1) is 0 Å². The molecule has 40 heavy (non-hydrogen) atoms. The molecular weight excluding hydrogens is 504 g/mol. The fourth-order valence-electron chi connectivity index (χ4n) is 10.0. The molecule has 5 aliphatic carbocycles.